The maximum atomic E-state index is 5.41. The summed E-state index contributed by atoms with van der Waals surface area (Å²) in [6.45, 7) is 6.35. The van der Waals surface area contributed by atoms with Gasteiger partial charge in [-0.05, 0) is 18.6 Å². The molecule has 3 aliphatic heterocycles. The molecule has 4 heterocycles. The summed E-state index contributed by atoms with van der Waals surface area (Å²) in [6.07, 6.45) is 1.02. The molecule has 1 atom stereocenters. The van der Waals surface area contributed by atoms with E-state index in [-0.39, 0.29) is 6.04 Å². The molecule has 8 nitrogen and oxygen atoms in total. The summed E-state index contributed by atoms with van der Waals surface area (Å²) in [5.74, 6) is 2.56. The predicted molar refractivity (Wildman–Crippen MR) is 105 cm³/mol. The van der Waals surface area contributed by atoms with E-state index in [1.807, 2.05) is 6.07 Å². The third kappa shape index (κ3) is 3.31. The van der Waals surface area contributed by atoms with Crippen molar-refractivity contribution in [2.75, 3.05) is 61.6 Å². The van der Waals surface area contributed by atoms with Gasteiger partial charge < -0.3 is 20.4 Å². The van der Waals surface area contributed by atoms with Crippen LogP contribution in [0.1, 0.15) is 18.0 Å². The van der Waals surface area contributed by atoms with E-state index in [4.69, 9.17) is 14.7 Å². The zero-order chi connectivity index (χ0) is 18.1. The van der Waals surface area contributed by atoms with Crippen LogP contribution in [0.2, 0.25) is 0 Å². The molecule has 0 bridgehead atoms. The van der Waals surface area contributed by atoms with Gasteiger partial charge in [-0.25, -0.2) is 5.43 Å². The molecule has 8 heteroatoms. The Kier molecular flexibility index (Phi) is 4.52. The highest BCUT2D eigenvalue weighted by molar-refractivity contribution is 5.73. The molecule has 27 heavy (non-hydrogen) atoms. The van der Waals surface area contributed by atoms with Gasteiger partial charge in [-0.1, -0.05) is 18.2 Å². The second-order valence-electron chi connectivity index (χ2n) is 7.11. The molecule has 0 radical (unpaired) electrons. The van der Waals surface area contributed by atoms with Crippen LogP contribution in [-0.4, -0.2) is 60.8 Å². The maximum absolute atomic E-state index is 5.41. The minimum Gasteiger partial charge on any atom is -0.379 e. The molecule has 0 amide bonds. The van der Waals surface area contributed by atoms with Crippen LogP contribution >= 0.6 is 0 Å². The Bertz CT molecular complexity index is 794. The third-order valence-electron chi connectivity index (χ3n) is 5.42. The number of rotatable bonds is 5. The van der Waals surface area contributed by atoms with Gasteiger partial charge in [-0.3, -0.25) is 4.90 Å². The zero-order valence-corrected chi connectivity index (χ0v) is 15.3. The molecule has 0 aliphatic carbocycles. The third-order valence-corrected chi connectivity index (χ3v) is 5.42. The van der Waals surface area contributed by atoms with Crippen LogP contribution in [0.3, 0.4) is 0 Å². The highest BCUT2D eigenvalue weighted by atomic mass is 16.5. The molecule has 1 aromatic carbocycles. The molecule has 0 spiro atoms. The minimum atomic E-state index is 0.275. The first-order valence-electron chi connectivity index (χ1n) is 9.68. The van der Waals surface area contributed by atoms with Gasteiger partial charge in [0.25, 0.3) is 0 Å². The van der Waals surface area contributed by atoms with Crippen LogP contribution < -0.4 is 21.1 Å². The second-order valence-corrected chi connectivity index (χ2v) is 7.11. The summed E-state index contributed by atoms with van der Waals surface area (Å²) in [4.78, 5) is 14.3. The number of nitrogens with zero attached hydrogens (tertiary/aromatic N) is 4. The van der Waals surface area contributed by atoms with Crippen molar-refractivity contribution in [2.45, 2.75) is 12.5 Å². The number of morpholine rings is 1. The predicted octanol–water partition coefficient (Wildman–Crippen LogP) is 1.73. The smallest absolute Gasteiger partial charge is 0.226 e. The Morgan fingerprint density at radius 1 is 1.11 bits per heavy atom. The molecule has 2 aromatic rings. The SMILES string of the molecule is c1ccc(N2CCC3NNc4nc(NCCN5CCOCC5)nc2c43)cc1. The molecular weight excluding hydrogens is 342 g/mol. The highest BCUT2D eigenvalue weighted by Crippen LogP contribution is 2.43. The second kappa shape index (κ2) is 7.30. The molecule has 1 saturated heterocycles. The van der Waals surface area contributed by atoms with Crippen LogP contribution in [0.4, 0.5) is 23.3 Å². The van der Waals surface area contributed by atoms with Gasteiger partial charge >= 0.3 is 0 Å². The number of anilines is 4. The van der Waals surface area contributed by atoms with Gasteiger partial charge in [-0.2, -0.15) is 9.97 Å². The average molecular weight is 367 g/mol. The lowest BCUT2D eigenvalue weighted by Crippen LogP contribution is -2.39. The van der Waals surface area contributed by atoms with E-state index in [0.717, 1.165) is 64.0 Å². The van der Waals surface area contributed by atoms with E-state index in [9.17, 15) is 0 Å². The molecule has 0 saturated carbocycles. The van der Waals surface area contributed by atoms with E-state index in [1.54, 1.807) is 0 Å². The van der Waals surface area contributed by atoms with Gasteiger partial charge in [0, 0.05) is 38.4 Å². The van der Waals surface area contributed by atoms with Crippen LogP contribution in [0.25, 0.3) is 0 Å². The number of nitrogens with one attached hydrogen (secondary N) is 3. The normalized spacial score (nSPS) is 21.6. The zero-order valence-electron chi connectivity index (χ0n) is 15.3. The highest BCUT2D eigenvalue weighted by Gasteiger charge is 2.35. The standard InChI is InChI=1S/C19H25N7O/c1-2-4-14(5-3-1)26-8-6-15-16-17(24-23-15)21-19(22-18(16)26)20-7-9-25-10-12-27-13-11-25/h1-5,15,23H,6-13H2,(H2,20,21,22,24). The van der Waals surface area contributed by atoms with Crippen molar-refractivity contribution in [1.82, 2.24) is 20.3 Å². The van der Waals surface area contributed by atoms with Crippen LogP contribution in [0.15, 0.2) is 30.3 Å². The Hall–Kier alpha value is -2.42. The Balaban J connectivity index is 1.37. The Labute approximate surface area is 158 Å². The van der Waals surface area contributed by atoms with E-state index >= 15 is 0 Å². The lowest BCUT2D eigenvalue weighted by molar-refractivity contribution is 0.0398. The van der Waals surface area contributed by atoms with Crippen LogP contribution in [0, 0.1) is 0 Å². The average Bonchev–Trinajstić information content (AvgIpc) is 3.14. The van der Waals surface area contributed by atoms with Crippen molar-refractivity contribution >= 4 is 23.3 Å². The Morgan fingerprint density at radius 2 is 1.96 bits per heavy atom. The van der Waals surface area contributed by atoms with Gasteiger partial charge in [0.1, 0.15) is 5.82 Å². The largest absolute Gasteiger partial charge is 0.379 e. The van der Waals surface area contributed by atoms with Crippen molar-refractivity contribution in [1.29, 1.82) is 0 Å². The molecule has 142 valence electrons. The van der Waals surface area contributed by atoms with Crippen molar-refractivity contribution in [3.8, 4) is 0 Å². The van der Waals surface area contributed by atoms with E-state index in [2.05, 4.69) is 50.2 Å². The summed E-state index contributed by atoms with van der Waals surface area (Å²) in [5.41, 5.74) is 8.92. The topological polar surface area (TPSA) is 77.6 Å². The number of hydrogen-bond acceptors (Lipinski definition) is 8. The molecule has 3 N–H and O–H groups in total. The fourth-order valence-electron chi connectivity index (χ4n) is 3.98. The monoisotopic (exact) mass is 367 g/mol. The molecule has 3 aliphatic rings. The summed E-state index contributed by atoms with van der Waals surface area (Å²) in [7, 11) is 0. The number of benzene rings is 1. The summed E-state index contributed by atoms with van der Waals surface area (Å²) in [6, 6.07) is 10.7. The van der Waals surface area contributed by atoms with Crippen LogP contribution in [-0.2, 0) is 4.74 Å². The minimum absolute atomic E-state index is 0.275. The van der Waals surface area contributed by atoms with Crippen molar-refractivity contribution in [2.24, 2.45) is 0 Å². The quantitative estimate of drug-likeness (QED) is 0.738. The van der Waals surface area contributed by atoms with Gasteiger partial charge in [0.15, 0.2) is 5.82 Å². The molecule has 1 aromatic heterocycles. The number of ether oxygens (including phenoxy) is 1. The van der Waals surface area contributed by atoms with Gasteiger partial charge in [0.05, 0.1) is 24.8 Å². The Morgan fingerprint density at radius 3 is 2.81 bits per heavy atom. The molecular formula is C19H25N7O. The number of hydrazine groups is 1. The first-order chi connectivity index (χ1) is 13.4. The van der Waals surface area contributed by atoms with Crippen LogP contribution in [0.5, 0.6) is 0 Å². The molecule has 1 fully saturated rings. The fraction of sp³-hybridized carbons (Fsp3) is 0.474. The summed E-state index contributed by atoms with van der Waals surface area (Å²) >= 11 is 0. The maximum Gasteiger partial charge on any atom is 0.226 e. The first kappa shape index (κ1) is 16.7. The molecule has 1 unspecified atom stereocenters. The lowest BCUT2D eigenvalue weighted by Gasteiger charge is -2.32. The molecule has 5 rings (SSSR count). The van der Waals surface area contributed by atoms with E-state index in [1.165, 1.54) is 11.3 Å². The lowest BCUT2D eigenvalue weighted by atomic mass is 10.0. The van der Waals surface area contributed by atoms with Crippen molar-refractivity contribution in [3.63, 3.8) is 0 Å². The summed E-state index contributed by atoms with van der Waals surface area (Å²) < 4.78 is 5.41. The van der Waals surface area contributed by atoms with Gasteiger partial charge in [0.2, 0.25) is 5.95 Å². The fourth-order valence-corrected chi connectivity index (χ4v) is 3.98. The van der Waals surface area contributed by atoms with Gasteiger partial charge in [-0.15, -0.1) is 0 Å². The van der Waals surface area contributed by atoms with E-state index in [0.29, 0.717) is 5.95 Å². The van der Waals surface area contributed by atoms with E-state index < -0.39 is 0 Å². The number of aromatic nitrogens is 2. The van der Waals surface area contributed by atoms with Crippen molar-refractivity contribution in [3.05, 3.63) is 35.9 Å². The number of para-hydroxylation sites is 1. The summed E-state index contributed by atoms with van der Waals surface area (Å²) in [5, 5.41) is 3.41. The van der Waals surface area contributed by atoms with Crippen molar-refractivity contribution < 1.29 is 4.74 Å². The number of hydrogen-bond donors (Lipinski definition) is 3. The first-order valence-corrected chi connectivity index (χ1v) is 9.68.